The number of carbonyl (C=O) groups excluding carboxylic acids is 1. The topological polar surface area (TPSA) is 66.5 Å². The minimum Gasteiger partial charge on any atom is -0.342 e. The third kappa shape index (κ3) is 3.60. The smallest absolute Gasteiger partial charge is 0.233 e. The molecular formula is C17H23ClN2O3S. The number of piperidine rings is 1. The first-order valence-corrected chi connectivity index (χ1v) is 10.6. The Labute approximate surface area is 148 Å². The number of nitrogens with one attached hydrogen (secondary N) is 1. The van der Waals surface area contributed by atoms with E-state index in [9.17, 15) is 13.2 Å². The van der Waals surface area contributed by atoms with Gasteiger partial charge in [0, 0.05) is 24.2 Å². The van der Waals surface area contributed by atoms with Gasteiger partial charge in [0.25, 0.3) is 0 Å². The van der Waals surface area contributed by atoms with Crippen molar-refractivity contribution in [2.24, 2.45) is 0 Å². The van der Waals surface area contributed by atoms with Crippen molar-refractivity contribution in [2.45, 2.75) is 43.6 Å². The van der Waals surface area contributed by atoms with Gasteiger partial charge < -0.3 is 4.90 Å². The number of rotatable bonds is 4. The van der Waals surface area contributed by atoms with Gasteiger partial charge in [0.15, 0.2) is 0 Å². The van der Waals surface area contributed by atoms with Crippen molar-refractivity contribution in [1.82, 2.24) is 9.62 Å². The Kier molecular flexibility index (Phi) is 4.91. The van der Waals surface area contributed by atoms with E-state index in [-0.39, 0.29) is 11.9 Å². The van der Waals surface area contributed by atoms with Crippen molar-refractivity contribution in [3.05, 3.63) is 34.9 Å². The van der Waals surface area contributed by atoms with Crippen molar-refractivity contribution in [3.63, 3.8) is 0 Å². The van der Waals surface area contributed by atoms with Gasteiger partial charge >= 0.3 is 0 Å². The van der Waals surface area contributed by atoms with Crippen molar-refractivity contribution in [3.8, 4) is 0 Å². The van der Waals surface area contributed by atoms with Crippen LogP contribution in [0, 0.1) is 0 Å². The number of hydrogen-bond acceptors (Lipinski definition) is 3. The lowest BCUT2D eigenvalue weighted by molar-refractivity contribution is -0.142. The van der Waals surface area contributed by atoms with Crippen LogP contribution in [0.5, 0.6) is 0 Å². The van der Waals surface area contributed by atoms with E-state index < -0.39 is 15.4 Å². The molecule has 1 N–H and O–H groups in total. The molecule has 7 heteroatoms. The molecule has 0 aromatic heterocycles. The number of nitrogens with zero attached hydrogens (tertiary/aromatic N) is 1. The zero-order chi connectivity index (χ0) is 17.4. The second-order valence-corrected chi connectivity index (χ2v) is 9.12. The minimum atomic E-state index is -3.20. The second-order valence-electron chi connectivity index (χ2n) is 6.90. The molecule has 0 radical (unpaired) electrons. The zero-order valence-corrected chi connectivity index (χ0v) is 15.4. The number of benzene rings is 1. The largest absolute Gasteiger partial charge is 0.342 e. The maximum absolute atomic E-state index is 13.2. The second kappa shape index (κ2) is 6.65. The monoisotopic (exact) mass is 370 g/mol. The minimum absolute atomic E-state index is 0.0763. The first-order valence-electron chi connectivity index (χ1n) is 8.33. The Morgan fingerprint density at radius 1 is 1.29 bits per heavy atom. The first-order chi connectivity index (χ1) is 11.3. The van der Waals surface area contributed by atoms with Crippen LogP contribution < -0.4 is 4.72 Å². The van der Waals surface area contributed by atoms with Gasteiger partial charge in [-0.2, -0.15) is 0 Å². The van der Waals surface area contributed by atoms with Gasteiger partial charge in [-0.1, -0.05) is 30.2 Å². The summed E-state index contributed by atoms with van der Waals surface area (Å²) >= 11 is 6.11. The number of carbonyl (C=O) groups is 1. The maximum Gasteiger partial charge on any atom is 0.233 e. The summed E-state index contributed by atoms with van der Waals surface area (Å²) < 4.78 is 25.3. The SMILES string of the molecule is CS(=O)(=O)NC1CCN(C(=O)C2(c3cccc(Cl)c3)CCC2)CC1. The van der Waals surface area contributed by atoms with Crippen molar-refractivity contribution >= 4 is 27.5 Å². The van der Waals surface area contributed by atoms with E-state index in [1.807, 2.05) is 29.2 Å². The molecule has 132 valence electrons. The van der Waals surface area contributed by atoms with Gasteiger partial charge in [-0.05, 0) is 43.4 Å². The van der Waals surface area contributed by atoms with Crippen LogP contribution in [0.2, 0.25) is 5.02 Å². The van der Waals surface area contributed by atoms with E-state index in [0.29, 0.717) is 31.0 Å². The maximum atomic E-state index is 13.2. The van der Waals surface area contributed by atoms with E-state index in [2.05, 4.69) is 4.72 Å². The molecule has 0 atom stereocenters. The molecule has 3 rings (SSSR count). The zero-order valence-electron chi connectivity index (χ0n) is 13.8. The molecule has 1 heterocycles. The molecule has 1 saturated carbocycles. The molecule has 1 saturated heterocycles. The molecule has 1 aliphatic heterocycles. The highest BCUT2D eigenvalue weighted by Crippen LogP contribution is 2.46. The van der Waals surface area contributed by atoms with Crippen LogP contribution in [0.4, 0.5) is 0 Å². The summed E-state index contributed by atoms with van der Waals surface area (Å²) in [6.45, 7) is 1.18. The Bertz CT molecular complexity index is 723. The molecule has 0 unspecified atom stereocenters. The van der Waals surface area contributed by atoms with Crippen molar-refractivity contribution in [1.29, 1.82) is 0 Å². The molecule has 5 nitrogen and oxygen atoms in total. The van der Waals surface area contributed by atoms with Crippen LogP contribution in [-0.2, 0) is 20.2 Å². The highest BCUT2D eigenvalue weighted by Gasteiger charge is 2.48. The Morgan fingerprint density at radius 3 is 2.46 bits per heavy atom. The summed E-state index contributed by atoms with van der Waals surface area (Å²) in [4.78, 5) is 15.0. The Balaban J connectivity index is 1.70. The Hall–Kier alpha value is -1.11. The quantitative estimate of drug-likeness (QED) is 0.884. The van der Waals surface area contributed by atoms with Gasteiger partial charge in [-0.15, -0.1) is 0 Å². The molecule has 1 aromatic carbocycles. The average molecular weight is 371 g/mol. The lowest BCUT2D eigenvalue weighted by atomic mass is 9.63. The van der Waals surface area contributed by atoms with E-state index in [1.165, 1.54) is 6.26 Å². The molecule has 1 amide bonds. The van der Waals surface area contributed by atoms with Crippen molar-refractivity contribution < 1.29 is 13.2 Å². The van der Waals surface area contributed by atoms with Gasteiger partial charge in [0.2, 0.25) is 15.9 Å². The predicted molar refractivity (Wildman–Crippen MR) is 94.6 cm³/mol. The van der Waals surface area contributed by atoms with Crippen LogP contribution in [0.1, 0.15) is 37.7 Å². The fourth-order valence-electron chi connectivity index (χ4n) is 3.75. The summed E-state index contributed by atoms with van der Waals surface area (Å²) in [5.74, 6) is 0.161. The third-order valence-electron chi connectivity index (χ3n) is 5.16. The van der Waals surface area contributed by atoms with Gasteiger partial charge in [0.05, 0.1) is 11.7 Å². The summed E-state index contributed by atoms with van der Waals surface area (Å²) in [5, 5.41) is 0.655. The van der Waals surface area contributed by atoms with E-state index >= 15 is 0 Å². The summed E-state index contributed by atoms with van der Waals surface area (Å²) in [6, 6.07) is 7.53. The molecular weight excluding hydrogens is 348 g/mol. The van der Waals surface area contributed by atoms with Crippen LogP contribution in [-0.4, -0.2) is 44.6 Å². The average Bonchev–Trinajstić information content (AvgIpc) is 2.45. The summed E-state index contributed by atoms with van der Waals surface area (Å²) in [6.07, 6.45) is 5.24. The van der Waals surface area contributed by atoms with Crippen molar-refractivity contribution in [2.75, 3.05) is 19.3 Å². The summed E-state index contributed by atoms with van der Waals surface area (Å²) in [7, 11) is -3.20. The standard InChI is InChI=1S/C17H23ClN2O3S/c1-24(22,23)19-15-6-10-20(11-7-15)16(21)17(8-3-9-17)13-4-2-5-14(18)12-13/h2,4-5,12,15,19H,3,6-11H2,1H3. The first kappa shape index (κ1) is 17.7. The van der Waals surface area contributed by atoms with Gasteiger partial charge in [0.1, 0.15) is 0 Å². The fourth-order valence-corrected chi connectivity index (χ4v) is 4.78. The third-order valence-corrected chi connectivity index (χ3v) is 6.15. The summed E-state index contributed by atoms with van der Waals surface area (Å²) in [5.41, 5.74) is 0.560. The highest BCUT2D eigenvalue weighted by atomic mass is 35.5. The molecule has 2 fully saturated rings. The van der Waals surface area contributed by atoms with E-state index in [4.69, 9.17) is 11.6 Å². The molecule has 1 aromatic rings. The van der Waals surface area contributed by atoms with Gasteiger partial charge in [-0.25, -0.2) is 13.1 Å². The van der Waals surface area contributed by atoms with Gasteiger partial charge in [-0.3, -0.25) is 4.79 Å². The molecule has 24 heavy (non-hydrogen) atoms. The lowest BCUT2D eigenvalue weighted by Crippen LogP contribution is -2.54. The normalized spacial score (nSPS) is 21.3. The number of sulfonamides is 1. The van der Waals surface area contributed by atoms with Crippen LogP contribution in [0.15, 0.2) is 24.3 Å². The number of halogens is 1. The molecule has 0 spiro atoms. The predicted octanol–water partition coefficient (Wildman–Crippen LogP) is 2.30. The fraction of sp³-hybridized carbons (Fsp3) is 0.588. The van der Waals surface area contributed by atoms with Crippen LogP contribution in [0.25, 0.3) is 0 Å². The molecule has 2 aliphatic rings. The van der Waals surface area contributed by atoms with E-state index in [0.717, 1.165) is 24.8 Å². The van der Waals surface area contributed by atoms with Crippen LogP contribution in [0.3, 0.4) is 0 Å². The van der Waals surface area contributed by atoms with E-state index in [1.54, 1.807) is 0 Å². The molecule has 0 bridgehead atoms. The molecule has 1 aliphatic carbocycles. The highest BCUT2D eigenvalue weighted by molar-refractivity contribution is 7.88. The number of amides is 1. The number of hydrogen-bond donors (Lipinski definition) is 1. The lowest BCUT2D eigenvalue weighted by Gasteiger charge is -2.45. The number of likely N-dealkylation sites (tertiary alicyclic amines) is 1. The van der Waals surface area contributed by atoms with Crippen LogP contribution >= 0.6 is 11.6 Å². The Morgan fingerprint density at radius 2 is 1.96 bits per heavy atom.